The quantitative estimate of drug-likeness (QED) is 0.182. The molecule has 8 rings (SSSR count). The maximum Gasteiger partial charge on any atom is 0.276 e. The minimum atomic E-state index is -0.291. The van der Waals surface area contributed by atoms with Crippen LogP contribution in [0.5, 0.6) is 0 Å². The zero-order valence-corrected chi connectivity index (χ0v) is 26.5. The van der Waals surface area contributed by atoms with E-state index in [9.17, 15) is 14.0 Å². The predicted octanol–water partition coefficient (Wildman–Crippen LogP) is 4.58. The van der Waals surface area contributed by atoms with Gasteiger partial charge in [0.05, 0.1) is 29.1 Å². The molecule has 0 aliphatic carbocycles. The molecule has 0 spiro atoms. The third-order valence-electron chi connectivity index (χ3n) is 9.54. The lowest BCUT2D eigenvalue weighted by Crippen LogP contribution is -2.48. The fourth-order valence-corrected chi connectivity index (χ4v) is 7.06. The predicted molar refractivity (Wildman–Crippen MR) is 180 cm³/mol. The third kappa shape index (κ3) is 5.67. The highest BCUT2D eigenvalue weighted by Gasteiger charge is 2.35. The van der Waals surface area contributed by atoms with Gasteiger partial charge in [0.1, 0.15) is 23.1 Å². The van der Waals surface area contributed by atoms with E-state index in [0.717, 1.165) is 97.8 Å². The number of anilines is 2. The topological polar surface area (TPSA) is 102 Å². The standard InChI is InChI=1S/C36H36FN9O2/c37-26-8-3-7-25(23-26)30-12-5-18-44(30)34-15-14-32-38-24-31(45(32)41-34)29-11-4-13-33(40-29)43-21-19-42(20-22-43)17-6-16-39-46-35(47)27-9-1-2-10-28(27)36(46)48/h1-4,7-11,13-15,23-24,30,39H,5-6,12,16-22H2/t30-/m1/s1. The van der Waals surface area contributed by atoms with E-state index in [1.165, 1.54) is 6.07 Å². The molecule has 6 heterocycles. The van der Waals surface area contributed by atoms with Crippen LogP contribution in [0, 0.1) is 5.82 Å². The SMILES string of the molecule is O=C1c2ccccc2C(=O)N1NCCCN1CCN(c2cccc(-c3cnc4ccc(N5CCC[C@@H]5c5cccc(F)c5)nn34)n2)CC1. The van der Waals surface area contributed by atoms with E-state index in [4.69, 9.17) is 10.1 Å². The van der Waals surface area contributed by atoms with Crippen LogP contribution >= 0.6 is 0 Å². The lowest BCUT2D eigenvalue weighted by molar-refractivity contribution is 0.0564. The van der Waals surface area contributed by atoms with Gasteiger partial charge in [0, 0.05) is 39.3 Å². The molecule has 2 aromatic carbocycles. The Morgan fingerprint density at radius 2 is 1.62 bits per heavy atom. The number of aromatic nitrogens is 4. The van der Waals surface area contributed by atoms with Crippen LogP contribution in [0.15, 0.2) is 85.1 Å². The normalized spacial score (nSPS) is 18.4. The van der Waals surface area contributed by atoms with Crippen LogP contribution in [-0.4, -0.2) is 87.1 Å². The fraction of sp³-hybridized carbons (Fsp3) is 0.306. The Morgan fingerprint density at radius 3 is 2.42 bits per heavy atom. The molecule has 48 heavy (non-hydrogen) atoms. The average molecular weight is 646 g/mol. The lowest BCUT2D eigenvalue weighted by atomic mass is 10.0. The van der Waals surface area contributed by atoms with Gasteiger partial charge in [-0.25, -0.2) is 29.3 Å². The first-order valence-electron chi connectivity index (χ1n) is 16.6. The number of carbonyl (C=O) groups is 2. The summed E-state index contributed by atoms with van der Waals surface area (Å²) in [7, 11) is 0. The van der Waals surface area contributed by atoms with Crippen molar-refractivity contribution in [2.24, 2.45) is 0 Å². The molecule has 12 heteroatoms. The maximum atomic E-state index is 14.0. The van der Waals surface area contributed by atoms with E-state index < -0.39 is 0 Å². The maximum absolute atomic E-state index is 14.0. The first-order chi connectivity index (χ1) is 23.5. The van der Waals surface area contributed by atoms with Gasteiger partial charge in [-0.2, -0.15) is 0 Å². The van der Waals surface area contributed by atoms with E-state index in [-0.39, 0.29) is 23.7 Å². The summed E-state index contributed by atoms with van der Waals surface area (Å²) in [6, 6.07) is 23.9. The first kappa shape index (κ1) is 30.2. The minimum absolute atomic E-state index is 0.0744. The second kappa shape index (κ2) is 12.8. The number of fused-ring (bicyclic) bond motifs is 2. The Morgan fingerprint density at radius 1 is 0.833 bits per heavy atom. The molecule has 0 unspecified atom stereocenters. The number of nitrogens with zero attached hydrogens (tertiary/aromatic N) is 8. The highest BCUT2D eigenvalue weighted by Crippen LogP contribution is 2.36. The zero-order chi connectivity index (χ0) is 32.6. The van der Waals surface area contributed by atoms with Gasteiger partial charge in [-0.1, -0.05) is 30.3 Å². The fourth-order valence-electron chi connectivity index (χ4n) is 7.06. The molecule has 3 aromatic heterocycles. The number of piperazine rings is 1. The summed E-state index contributed by atoms with van der Waals surface area (Å²) in [5.74, 6) is 0.943. The first-order valence-corrected chi connectivity index (χ1v) is 16.6. The number of imidazole rings is 1. The molecule has 0 saturated carbocycles. The van der Waals surface area contributed by atoms with Gasteiger partial charge >= 0.3 is 0 Å². The summed E-state index contributed by atoms with van der Waals surface area (Å²) in [6.45, 7) is 5.72. The molecule has 11 nitrogen and oxygen atoms in total. The number of rotatable bonds is 9. The highest BCUT2D eigenvalue weighted by atomic mass is 19.1. The van der Waals surface area contributed by atoms with Crippen molar-refractivity contribution in [3.05, 3.63) is 108 Å². The van der Waals surface area contributed by atoms with E-state index in [0.29, 0.717) is 17.7 Å². The number of imide groups is 1. The van der Waals surface area contributed by atoms with Crippen molar-refractivity contribution in [1.29, 1.82) is 0 Å². The van der Waals surface area contributed by atoms with Gasteiger partial charge in [-0.15, -0.1) is 5.10 Å². The van der Waals surface area contributed by atoms with Gasteiger partial charge in [-0.05, 0) is 79.9 Å². The second-order valence-corrected chi connectivity index (χ2v) is 12.5. The van der Waals surface area contributed by atoms with Gasteiger partial charge in [0.15, 0.2) is 5.65 Å². The van der Waals surface area contributed by atoms with Crippen LogP contribution in [0.25, 0.3) is 17.0 Å². The van der Waals surface area contributed by atoms with Crippen molar-refractivity contribution in [2.75, 3.05) is 55.6 Å². The van der Waals surface area contributed by atoms with E-state index in [1.807, 2.05) is 47.1 Å². The summed E-state index contributed by atoms with van der Waals surface area (Å²) in [5.41, 5.74) is 7.25. The monoisotopic (exact) mass is 645 g/mol. The zero-order valence-electron chi connectivity index (χ0n) is 26.5. The van der Waals surface area contributed by atoms with Crippen LogP contribution < -0.4 is 15.2 Å². The molecular weight excluding hydrogens is 609 g/mol. The summed E-state index contributed by atoms with van der Waals surface area (Å²) in [6.07, 6.45) is 4.59. The Kier molecular flexibility index (Phi) is 8.03. The van der Waals surface area contributed by atoms with Crippen molar-refractivity contribution in [1.82, 2.24) is 34.9 Å². The Labute approximate surface area is 277 Å². The lowest BCUT2D eigenvalue weighted by Gasteiger charge is -2.35. The van der Waals surface area contributed by atoms with Crippen molar-refractivity contribution in [3.8, 4) is 11.4 Å². The number of hydrazine groups is 1. The molecule has 2 fully saturated rings. The van der Waals surface area contributed by atoms with Gasteiger partial charge in [0.2, 0.25) is 0 Å². The number of pyridine rings is 1. The number of nitrogens with one attached hydrogen (secondary N) is 1. The van der Waals surface area contributed by atoms with E-state index in [1.54, 1.807) is 36.4 Å². The summed E-state index contributed by atoms with van der Waals surface area (Å²) < 4.78 is 15.9. The van der Waals surface area contributed by atoms with Crippen molar-refractivity contribution in [3.63, 3.8) is 0 Å². The van der Waals surface area contributed by atoms with Crippen molar-refractivity contribution >= 4 is 29.1 Å². The molecule has 3 aliphatic rings. The number of amides is 2. The summed E-state index contributed by atoms with van der Waals surface area (Å²) in [4.78, 5) is 41.7. The molecule has 1 N–H and O–H groups in total. The average Bonchev–Trinajstić information content (AvgIpc) is 3.84. The second-order valence-electron chi connectivity index (χ2n) is 12.5. The van der Waals surface area contributed by atoms with Gasteiger partial charge < -0.3 is 9.80 Å². The number of halogens is 1. The van der Waals surface area contributed by atoms with Crippen LogP contribution in [0.1, 0.15) is 51.6 Å². The number of carbonyl (C=O) groups excluding carboxylic acids is 2. The Bertz CT molecular complexity index is 1950. The molecule has 3 aliphatic heterocycles. The molecular formula is C36H36FN9O2. The Hall–Kier alpha value is -5.20. The highest BCUT2D eigenvalue weighted by molar-refractivity contribution is 6.20. The van der Waals surface area contributed by atoms with Crippen LogP contribution in [0.4, 0.5) is 16.0 Å². The number of hydrogen-bond donors (Lipinski definition) is 1. The largest absolute Gasteiger partial charge is 0.354 e. The van der Waals surface area contributed by atoms with Gasteiger partial charge in [0.25, 0.3) is 11.8 Å². The number of hydrogen-bond acceptors (Lipinski definition) is 9. The van der Waals surface area contributed by atoms with Crippen molar-refractivity contribution in [2.45, 2.75) is 25.3 Å². The molecule has 0 radical (unpaired) electrons. The molecule has 1 atom stereocenters. The van der Waals surface area contributed by atoms with Crippen molar-refractivity contribution < 1.29 is 14.0 Å². The third-order valence-corrected chi connectivity index (χ3v) is 9.54. The molecule has 0 bridgehead atoms. The van der Waals surface area contributed by atoms with Crippen LogP contribution in [-0.2, 0) is 0 Å². The van der Waals surface area contributed by atoms with Crippen LogP contribution in [0.3, 0.4) is 0 Å². The minimum Gasteiger partial charge on any atom is -0.354 e. The van der Waals surface area contributed by atoms with Crippen LogP contribution in [0.2, 0.25) is 0 Å². The summed E-state index contributed by atoms with van der Waals surface area (Å²) >= 11 is 0. The van der Waals surface area contributed by atoms with E-state index >= 15 is 0 Å². The molecule has 2 saturated heterocycles. The van der Waals surface area contributed by atoms with Gasteiger partial charge in [-0.3, -0.25) is 14.5 Å². The smallest absolute Gasteiger partial charge is 0.276 e. The molecule has 2 amide bonds. The molecule has 244 valence electrons. The van der Waals surface area contributed by atoms with E-state index in [2.05, 4.69) is 25.1 Å². The Balaban J connectivity index is 0.892. The number of benzene rings is 2. The molecule has 5 aromatic rings. The summed E-state index contributed by atoms with van der Waals surface area (Å²) in [5, 5.41) is 6.14.